The number of hydrogen-bond donors (Lipinski definition) is 1. The van der Waals surface area contributed by atoms with E-state index in [0.29, 0.717) is 6.04 Å². The van der Waals surface area contributed by atoms with Crippen molar-refractivity contribution in [2.24, 2.45) is 29.4 Å². The van der Waals surface area contributed by atoms with Crippen LogP contribution in [0.1, 0.15) is 53.4 Å². The van der Waals surface area contributed by atoms with Crippen LogP contribution in [0.4, 0.5) is 0 Å². The molecule has 0 aliphatic heterocycles. The molecule has 5 unspecified atom stereocenters. The summed E-state index contributed by atoms with van der Waals surface area (Å²) in [4.78, 5) is 0. The lowest BCUT2D eigenvalue weighted by atomic mass is 9.86. The van der Waals surface area contributed by atoms with Crippen molar-refractivity contribution in [3.63, 3.8) is 0 Å². The molecule has 14 heavy (non-hydrogen) atoms. The molecule has 0 amide bonds. The fourth-order valence-corrected chi connectivity index (χ4v) is 3.10. The molecule has 1 fully saturated rings. The summed E-state index contributed by atoms with van der Waals surface area (Å²) in [5.74, 6) is 3.58. The minimum absolute atomic E-state index is 0.382. The second-order valence-corrected chi connectivity index (χ2v) is 5.85. The van der Waals surface area contributed by atoms with Crippen molar-refractivity contribution >= 4 is 0 Å². The topological polar surface area (TPSA) is 26.0 Å². The summed E-state index contributed by atoms with van der Waals surface area (Å²) < 4.78 is 0. The summed E-state index contributed by atoms with van der Waals surface area (Å²) in [7, 11) is 0. The van der Waals surface area contributed by atoms with Gasteiger partial charge in [0.1, 0.15) is 0 Å². The molecule has 2 N–H and O–H groups in total. The van der Waals surface area contributed by atoms with E-state index in [4.69, 9.17) is 5.73 Å². The van der Waals surface area contributed by atoms with E-state index in [0.717, 1.165) is 23.7 Å². The highest BCUT2D eigenvalue weighted by Gasteiger charge is 2.26. The third-order valence-corrected chi connectivity index (χ3v) is 3.89. The first-order chi connectivity index (χ1) is 6.49. The average molecular weight is 197 g/mol. The second-order valence-electron chi connectivity index (χ2n) is 5.85. The van der Waals surface area contributed by atoms with Crippen molar-refractivity contribution < 1.29 is 0 Å². The standard InChI is InChI=1S/C13H27N/c1-9-5-10(2)11(3)7-13(6-9)8-12(4)14/h9-13H,5-8,14H2,1-4H3. The Morgan fingerprint density at radius 3 is 2.21 bits per heavy atom. The van der Waals surface area contributed by atoms with Crippen molar-refractivity contribution in [3.8, 4) is 0 Å². The van der Waals surface area contributed by atoms with Gasteiger partial charge >= 0.3 is 0 Å². The lowest BCUT2D eigenvalue weighted by molar-refractivity contribution is 0.312. The van der Waals surface area contributed by atoms with Crippen LogP contribution >= 0.6 is 0 Å². The Morgan fingerprint density at radius 2 is 1.64 bits per heavy atom. The van der Waals surface area contributed by atoms with E-state index >= 15 is 0 Å². The van der Waals surface area contributed by atoms with Gasteiger partial charge in [0.2, 0.25) is 0 Å². The molecule has 0 radical (unpaired) electrons. The Hall–Kier alpha value is -0.0400. The molecule has 1 aliphatic rings. The van der Waals surface area contributed by atoms with E-state index in [-0.39, 0.29) is 0 Å². The summed E-state index contributed by atoms with van der Waals surface area (Å²) in [6.07, 6.45) is 5.43. The molecule has 1 heteroatoms. The summed E-state index contributed by atoms with van der Waals surface area (Å²) in [5.41, 5.74) is 5.90. The van der Waals surface area contributed by atoms with Gasteiger partial charge in [-0.15, -0.1) is 0 Å². The maximum Gasteiger partial charge on any atom is 0.00131 e. The van der Waals surface area contributed by atoms with E-state index in [1.807, 2.05) is 0 Å². The van der Waals surface area contributed by atoms with Crippen molar-refractivity contribution in [1.29, 1.82) is 0 Å². The fraction of sp³-hybridized carbons (Fsp3) is 1.00. The molecule has 5 atom stereocenters. The lowest BCUT2D eigenvalue weighted by Gasteiger charge is -2.21. The Morgan fingerprint density at radius 1 is 1.07 bits per heavy atom. The monoisotopic (exact) mass is 197 g/mol. The van der Waals surface area contributed by atoms with Gasteiger partial charge in [-0.3, -0.25) is 0 Å². The van der Waals surface area contributed by atoms with E-state index in [9.17, 15) is 0 Å². The summed E-state index contributed by atoms with van der Waals surface area (Å²) in [5, 5.41) is 0. The summed E-state index contributed by atoms with van der Waals surface area (Å²) >= 11 is 0. The maximum absolute atomic E-state index is 5.90. The first-order valence-corrected chi connectivity index (χ1v) is 6.24. The molecule has 0 saturated heterocycles. The van der Waals surface area contributed by atoms with Gasteiger partial charge in [0.25, 0.3) is 0 Å². The number of nitrogens with two attached hydrogens (primary N) is 1. The summed E-state index contributed by atoms with van der Waals surface area (Å²) in [6.45, 7) is 9.37. The summed E-state index contributed by atoms with van der Waals surface area (Å²) in [6, 6.07) is 0.382. The van der Waals surface area contributed by atoms with Gasteiger partial charge in [-0.2, -0.15) is 0 Å². The van der Waals surface area contributed by atoms with Gasteiger partial charge in [0.05, 0.1) is 0 Å². The molecule has 1 aliphatic carbocycles. The van der Waals surface area contributed by atoms with E-state index in [1.54, 1.807) is 0 Å². The molecule has 0 aromatic heterocycles. The van der Waals surface area contributed by atoms with Crippen LogP contribution in [0.2, 0.25) is 0 Å². The Bertz CT molecular complexity index is 165. The SMILES string of the molecule is CC(N)CC1CC(C)CC(C)C(C)C1. The van der Waals surface area contributed by atoms with Crippen LogP contribution in [0.25, 0.3) is 0 Å². The van der Waals surface area contributed by atoms with Gasteiger partial charge in [-0.1, -0.05) is 20.8 Å². The average Bonchev–Trinajstić information content (AvgIpc) is 2.10. The fourth-order valence-electron chi connectivity index (χ4n) is 3.10. The van der Waals surface area contributed by atoms with Crippen LogP contribution in [0.5, 0.6) is 0 Å². The van der Waals surface area contributed by atoms with Crippen molar-refractivity contribution in [2.75, 3.05) is 0 Å². The predicted molar refractivity (Wildman–Crippen MR) is 63.1 cm³/mol. The third kappa shape index (κ3) is 3.61. The molecule has 0 heterocycles. The van der Waals surface area contributed by atoms with Crippen LogP contribution in [-0.2, 0) is 0 Å². The third-order valence-electron chi connectivity index (χ3n) is 3.89. The molecule has 0 aromatic rings. The van der Waals surface area contributed by atoms with Gasteiger partial charge in [0, 0.05) is 6.04 Å². The van der Waals surface area contributed by atoms with E-state index in [2.05, 4.69) is 27.7 Å². The van der Waals surface area contributed by atoms with Crippen LogP contribution in [0, 0.1) is 23.7 Å². The van der Waals surface area contributed by atoms with Gasteiger partial charge < -0.3 is 5.73 Å². The Kier molecular flexibility index (Phi) is 4.43. The van der Waals surface area contributed by atoms with Crippen molar-refractivity contribution in [1.82, 2.24) is 0 Å². The Balaban J connectivity index is 2.51. The number of rotatable bonds is 2. The highest BCUT2D eigenvalue weighted by Crippen LogP contribution is 2.36. The normalized spacial score (nSPS) is 41.8. The first kappa shape index (κ1) is 12.0. The molecular weight excluding hydrogens is 170 g/mol. The van der Waals surface area contributed by atoms with Gasteiger partial charge in [0.15, 0.2) is 0 Å². The van der Waals surface area contributed by atoms with Crippen molar-refractivity contribution in [3.05, 3.63) is 0 Å². The Labute approximate surface area is 89.5 Å². The smallest absolute Gasteiger partial charge is 0.00131 e. The quantitative estimate of drug-likeness (QED) is 0.674. The lowest BCUT2D eigenvalue weighted by Crippen LogP contribution is -2.21. The molecule has 1 saturated carbocycles. The van der Waals surface area contributed by atoms with Gasteiger partial charge in [-0.05, 0) is 56.3 Å². The van der Waals surface area contributed by atoms with Crippen molar-refractivity contribution in [2.45, 2.75) is 59.4 Å². The van der Waals surface area contributed by atoms with E-state index in [1.165, 1.54) is 25.7 Å². The zero-order chi connectivity index (χ0) is 10.7. The van der Waals surface area contributed by atoms with E-state index < -0.39 is 0 Å². The second kappa shape index (κ2) is 5.16. The van der Waals surface area contributed by atoms with Crippen LogP contribution in [-0.4, -0.2) is 6.04 Å². The molecule has 0 bridgehead atoms. The molecule has 84 valence electrons. The highest BCUT2D eigenvalue weighted by atomic mass is 14.6. The highest BCUT2D eigenvalue weighted by molar-refractivity contribution is 4.78. The minimum Gasteiger partial charge on any atom is -0.328 e. The largest absolute Gasteiger partial charge is 0.328 e. The van der Waals surface area contributed by atoms with Crippen LogP contribution in [0.3, 0.4) is 0 Å². The molecule has 0 spiro atoms. The van der Waals surface area contributed by atoms with Crippen LogP contribution < -0.4 is 5.73 Å². The zero-order valence-corrected chi connectivity index (χ0v) is 10.3. The molecular formula is C13H27N. The van der Waals surface area contributed by atoms with Gasteiger partial charge in [-0.25, -0.2) is 0 Å². The van der Waals surface area contributed by atoms with Crippen LogP contribution in [0.15, 0.2) is 0 Å². The first-order valence-electron chi connectivity index (χ1n) is 6.24. The number of hydrogen-bond acceptors (Lipinski definition) is 1. The maximum atomic E-state index is 5.90. The zero-order valence-electron chi connectivity index (χ0n) is 10.3. The molecule has 1 nitrogen and oxygen atoms in total. The molecule has 1 rings (SSSR count). The molecule has 0 aromatic carbocycles. The predicted octanol–water partition coefficient (Wildman–Crippen LogP) is 3.43. The minimum atomic E-state index is 0.382.